The number of methoxy groups -OCH3 is 2. The van der Waals surface area contributed by atoms with Gasteiger partial charge in [-0.3, -0.25) is 19.2 Å². The lowest BCUT2D eigenvalue weighted by molar-refractivity contribution is -0.150. The Hall–Kier alpha value is -2.12. The summed E-state index contributed by atoms with van der Waals surface area (Å²) in [6.07, 6.45) is 0.759. The highest BCUT2D eigenvalue weighted by Gasteiger charge is 2.20. The van der Waals surface area contributed by atoms with Crippen molar-refractivity contribution in [2.24, 2.45) is 11.8 Å². The molecule has 0 aliphatic heterocycles. The van der Waals surface area contributed by atoms with Crippen LogP contribution in [0.3, 0.4) is 0 Å². The van der Waals surface area contributed by atoms with Gasteiger partial charge in [0, 0.05) is 0 Å². The Labute approximate surface area is 129 Å². The molecule has 128 valence electrons. The molecular weight excluding hydrogens is 296 g/mol. The Bertz CT molecular complexity index is 377. The van der Waals surface area contributed by atoms with Crippen LogP contribution in [0.1, 0.15) is 39.5 Å². The van der Waals surface area contributed by atoms with Gasteiger partial charge in [-0.2, -0.15) is 0 Å². The zero-order chi connectivity index (χ0) is 17.7. The van der Waals surface area contributed by atoms with Crippen molar-refractivity contribution in [1.29, 1.82) is 0 Å². The van der Waals surface area contributed by atoms with Gasteiger partial charge in [-0.05, 0) is 12.8 Å². The fourth-order valence-corrected chi connectivity index (χ4v) is 1.46. The Morgan fingerprint density at radius 3 is 1.64 bits per heavy atom. The van der Waals surface area contributed by atoms with E-state index in [2.05, 4.69) is 9.47 Å². The molecule has 0 fully saturated rings. The molecule has 0 saturated heterocycles. The fraction of sp³-hybridized carbons (Fsp3) is 0.714. The molecule has 0 aromatic rings. The van der Waals surface area contributed by atoms with Crippen LogP contribution in [0.15, 0.2) is 0 Å². The van der Waals surface area contributed by atoms with Crippen LogP contribution in [0.2, 0.25) is 0 Å². The first-order valence-corrected chi connectivity index (χ1v) is 6.82. The molecule has 0 aromatic heterocycles. The van der Waals surface area contributed by atoms with Crippen molar-refractivity contribution in [3.63, 3.8) is 0 Å². The van der Waals surface area contributed by atoms with E-state index in [1.54, 1.807) is 13.8 Å². The van der Waals surface area contributed by atoms with E-state index in [1.807, 2.05) is 0 Å². The second-order valence-corrected chi connectivity index (χ2v) is 4.45. The lowest BCUT2D eigenvalue weighted by Crippen LogP contribution is -2.18. The second kappa shape index (κ2) is 12.6. The average molecular weight is 320 g/mol. The summed E-state index contributed by atoms with van der Waals surface area (Å²) < 4.78 is 8.73. The van der Waals surface area contributed by atoms with Crippen LogP contribution in [0.4, 0.5) is 0 Å². The highest BCUT2D eigenvalue weighted by Crippen LogP contribution is 2.09. The van der Waals surface area contributed by atoms with Crippen LogP contribution in [-0.4, -0.2) is 48.3 Å². The molecule has 0 aliphatic carbocycles. The van der Waals surface area contributed by atoms with Gasteiger partial charge in [0.15, 0.2) is 0 Å². The molecule has 0 heterocycles. The van der Waals surface area contributed by atoms with E-state index in [-0.39, 0.29) is 12.8 Å². The van der Waals surface area contributed by atoms with Gasteiger partial charge in [-0.25, -0.2) is 0 Å². The Morgan fingerprint density at radius 2 is 1.36 bits per heavy atom. The molecule has 0 rings (SSSR count). The van der Waals surface area contributed by atoms with Gasteiger partial charge in [-0.1, -0.05) is 13.8 Å². The van der Waals surface area contributed by atoms with Crippen molar-refractivity contribution in [2.75, 3.05) is 14.2 Å². The summed E-state index contributed by atoms with van der Waals surface area (Å²) in [6, 6.07) is 0. The zero-order valence-corrected chi connectivity index (χ0v) is 13.3. The molecule has 2 N–H and O–H groups in total. The minimum Gasteiger partial charge on any atom is -0.481 e. The maximum atomic E-state index is 10.8. The molecule has 8 heteroatoms. The van der Waals surface area contributed by atoms with Crippen molar-refractivity contribution < 1.29 is 38.9 Å². The van der Waals surface area contributed by atoms with Crippen molar-refractivity contribution >= 4 is 23.9 Å². The van der Waals surface area contributed by atoms with Crippen LogP contribution in [0, 0.1) is 11.8 Å². The molecule has 0 spiro atoms. The van der Waals surface area contributed by atoms with Crippen LogP contribution in [-0.2, 0) is 28.7 Å². The molecule has 2 unspecified atom stereocenters. The van der Waals surface area contributed by atoms with Crippen LogP contribution < -0.4 is 0 Å². The number of hydrogen-bond acceptors (Lipinski definition) is 6. The monoisotopic (exact) mass is 320 g/mol. The van der Waals surface area contributed by atoms with Crippen LogP contribution in [0.25, 0.3) is 0 Å². The van der Waals surface area contributed by atoms with Gasteiger partial charge in [0.05, 0.1) is 38.9 Å². The fourth-order valence-electron chi connectivity index (χ4n) is 1.46. The quantitative estimate of drug-likeness (QED) is 0.641. The smallest absolute Gasteiger partial charge is 0.309 e. The normalized spacial score (nSPS) is 12.2. The predicted molar refractivity (Wildman–Crippen MR) is 76.1 cm³/mol. The summed E-state index contributed by atoms with van der Waals surface area (Å²) in [4.78, 5) is 41.9. The zero-order valence-electron chi connectivity index (χ0n) is 13.3. The first-order chi connectivity index (χ1) is 10.2. The first kappa shape index (κ1) is 22.2. The molecule has 0 amide bonds. The Balaban J connectivity index is 0. The number of rotatable bonds is 8. The van der Waals surface area contributed by atoms with Gasteiger partial charge in [0.1, 0.15) is 0 Å². The van der Waals surface area contributed by atoms with E-state index in [9.17, 15) is 19.2 Å². The highest BCUT2D eigenvalue weighted by atomic mass is 16.5. The van der Waals surface area contributed by atoms with Crippen molar-refractivity contribution in [1.82, 2.24) is 0 Å². The Morgan fingerprint density at radius 1 is 0.864 bits per heavy atom. The first-order valence-electron chi connectivity index (χ1n) is 6.82. The van der Waals surface area contributed by atoms with Crippen molar-refractivity contribution in [3.8, 4) is 0 Å². The summed E-state index contributed by atoms with van der Waals surface area (Å²) in [5.41, 5.74) is 0. The van der Waals surface area contributed by atoms with E-state index < -0.39 is 35.7 Å². The second-order valence-electron chi connectivity index (χ2n) is 4.45. The molecule has 0 aromatic carbocycles. The van der Waals surface area contributed by atoms with E-state index in [0.29, 0.717) is 12.8 Å². The number of hydrogen-bond donors (Lipinski definition) is 2. The summed E-state index contributed by atoms with van der Waals surface area (Å²) in [5.74, 6) is -3.95. The van der Waals surface area contributed by atoms with E-state index >= 15 is 0 Å². The maximum absolute atomic E-state index is 10.8. The van der Waals surface area contributed by atoms with Crippen LogP contribution in [0.5, 0.6) is 0 Å². The van der Waals surface area contributed by atoms with Gasteiger partial charge in [0.25, 0.3) is 0 Å². The SMILES string of the molecule is CCC(CC(=O)O)C(=O)OC.CCC(CC(=O)OC)C(=O)O. The van der Waals surface area contributed by atoms with Gasteiger partial charge in [-0.15, -0.1) is 0 Å². The van der Waals surface area contributed by atoms with E-state index in [0.717, 1.165) is 0 Å². The summed E-state index contributed by atoms with van der Waals surface area (Å²) >= 11 is 0. The average Bonchev–Trinajstić information content (AvgIpc) is 2.49. The van der Waals surface area contributed by atoms with Crippen molar-refractivity contribution in [2.45, 2.75) is 39.5 Å². The summed E-state index contributed by atoms with van der Waals surface area (Å²) in [6.45, 7) is 3.48. The third-order valence-corrected chi connectivity index (χ3v) is 2.93. The van der Waals surface area contributed by atoms with E-state index in [4.69, 9.17) is 10.2 Å². The number of carboxylic acids is 2. The summed E-state index contributed by atoms with van der Waals surface area (Å²) in [7, 11) is 2.50. The van der Waals surface area contributed by atoms with Gasteiger partial charge < -0.3 is 19.7 Å². The largest absolute Gasteiger partial charge is 0.481 e. The third-order valence-electron chi connectivity index (χ3n) is 2.93. The van der Waals surface area contributed by atoms with Crippen molar-refractivity contribution in [3.05, 3.63) is 0 Å². The minimum atomic E-state index is -0.970. The predicted octanol–water partition coefficient (Wildman–Crippen LogP) is 1.32. The molecule has 0 aliphatic rings. The van der Waals surface area contributed by atoms with E-state index in [1.165, 1.54) is 14.2 Å². The highest BCUT2D eigenvalue weighted by molar-refractivity contribution is 5.79. The van der Waals surface area contributed by atoms with Crippen LogP contribution >= 0.6 is 0 Å². The minimum absolute atomic E-state index is 0.0394. The maximum Gasteiger partial charge on any atom is 0.309 e. The molecule has 2 atom stereocenters. The topological polar surface area (TPSA) is 127 Å². The molecular formula is C14H24O8. The van der Waals surface area contributed by atoms with Gasteiger partial charge >= 0.3 is 23.9 Å². The standard InChI is InChI=1S/2C7H12O4/c1-3-5(7(9)10)4-6(8)11-2;1-3-5(4-6(8)9)7(10)11-2/h5H,3-4H2,1-2H3,(H,9,10);5H,3-4H2,1-2H3,(H,8,9). The number of carbonyl (C=O) groups is 4. The third kappa shape index (κ3) is 10.6. The molecule has 0 bridgehead atoms. The lowest BCUT2D eigenvalue weighted by Gasteiger charge is -2.08. The molecule has 22 heavy (non-hydrogen) atoms. The lowest BCUT2D eigenvalue weighted by atomic mass is 10.0. The Kier molecular flexibility index (Phi) is 12.7. The van der Waals surface area contributed by atoms with Gasteiger partial charge in [0.2, 0.25) is 0 Å². The number of ether oxygens (including phenoxy) is 2. The molecule has 0 radical (unpaired) electrons. The molecule has 8 nitrogen and oxygen atoms in total. The number of carbonyl (C=O) groups excluding carboxylic acids is 2. The molecule has 0 saturated carbocycles. The summed E-state index contributed by atoms with van der Waals surface area (Å²) in [5, 5.41) is 16.9. The number of esters is 2. The number of aliphatic carboxylic acids is 2. The number of carboxylic acid groups (broad SMARTS) is 2.